The first-order valence-corrected chi connectivity index (χ1v) is 9.53. The number of hydrogen-bond donors (Lipinski definition) is 0. The Kier molecular flexibility index (Phi) is 20.6. The van der Waals surface area contributed by atoms with Crippen LogP contribution in [0.1, 0.15) is 80.7 Å². The van der Waals surface area contributed by atoms with Crippen LogP contribution >= 0.6 is 0 Å². The first-order valence-electron chi connectivity index (χ1n) is 9.53. The normalized spacial score (nSPS) is 14.0. The molecule has 0 aliphatic carbocycles. The van der Waals surface area contributed by atoms with Gasteiger partial charge in [-0.3, -0.25) is 9.78 Å². The van der Waals surface area contributed by atoms with E-state index in [1.165, 1.54) is 5.56 Å². The number of hydrogen-bond acceptors (Lipinski definition) is 2. The summed E-state index contributed by atoms with van der Waals surface area (Å²) in [5, 5.41) is 0. The summed E-state index contributed by atoms with van der Waals surface area (Å²) >= 11 is 0. The summed E-state index contributed by atoms with van der Waals surface area (Å²) in [6, 6.07) is 3.95. The van der Waals surface area contributed by atoms with Crippen molar-refractivity contribution >= 4 is 5.91 Å². The van der Waals surface area contributed by atoms with Gasteiger partial charge in [0.05, 0.1) is 0 Å². The van der Waals surface area contributed by atoms with Crippen molar-refractivity contribution in [1.29, 1.82) is 0 Å². The molecule has 1 aromatic rings. The quantitative estimate of drug-likeness (QED) is 0.570. The van der Waals surface area contributed by atoms with E-state index in [-0.39, 0.29) is 5.91 Å². The summed E-state index contributed by atoms with van der Waals surface area (Å²) in [6.45, 7) is 22.1. The number of nitrogens with zero attached hydrogens (tertiary/aromatic N) is 2. The summed E-state index contributed by atoms with van der Waals surface area (Å²) in [5.41, 5.74) is 1.66. The lowest BCUT2D eigenvalue weighted by molar-refractivity contribution is -0.130. The number of amides is 1. The Bertz CT molecular complexity index is 365. The molecule has 2 heterocycles. The monoisotopic (exact) mass is 338 g/mol. The number of carbonyl (C=O) groups excluding carboxylic acids is 1. The van der Waals surface area contributed by atoms with Crippen LogP contribution in [-0.4, -0.2) is 28.9 Å². The fourth-order valence-electron chi connectivity index (χ4n) is 1.88. The van der Waals surface area contributed by atoms with E-state index in [0.717, 1.165) is 25.9 Å². The number of likely N-dealkylation sites (tertiary alicyclic amines) is 1. The van der Waals surface area contributed by atoms with Gasteiger partial charge >= 0.3 is 0 Å². The molecule has 0 radical (unpaired) electrons. The van der Waals surface area contributed by atoms with Crippen molar-refractivity contribution in [3.8, 4) is 0 Å². The van der Waals surface area contributed by atoms with E-state index in [2.05, 4.69) is 18.8 Å². The van der Waals surface area contributed by atoms with Gasteiger partial charge in [0.2, 0.25) is 5.91 Å². The predicted octanol–water partition coefficient (Wildman–Crippen LogP) is 6.12. The van der Waals surface area contributed by atoms with E-state index in [9.17, 15) is 4.79 Å². The minimum atomic E-state index is 0.223. The second-order valence-electron chi connectivity index (χ2n) is 5.70. The molecule has 2 rings (SSSR count). The zero-order chi connectivity index (χ0) is 19.6. The lowest BCUT2D eigenvalue weighted by atomic mass is 9.83. The van der Waals surface area contributed by atoms with Crippen LogP contribution in [0.25, 0.3) is 0 Å². The molecule has 1 amide bonds. The third-order valence-corrected chi connectivity index (χ3v) is 3.37. The van der Waals surface area contributed by atoms with Gasteiger partial charge < -0.3 is 4.90 Å². The van der Waals surface area contributed by atoms with E-state index in [1.54, 1.807) is 13.1 Å². The highest BCUT2D eigenvalue weighted by Crippen LogP contribution is 2.29. The maximum absolute atomic E-state index is 10.9. The van der Waals surface area contributed by atoms with E-state index in [0.29, 0.717) is 5.41 Å². The van der Waals surface area contributed by atoms with Crippen LogP contribution in [0.3, 0.4) is 0 Å². The van der Waals surface area contributed by atoms with Gasteiger partial charge in [-0.2, -0.15) is 0 Å². The van der Waals surface area contributed by atoms with Crippen LogP contribution in [0, 0.1) is 12.3 Å². The van der Waals surface area contributed by atoms with Crippen LogP contribution < -0.4 is 0 Å². The first kappa shape index (κ1) is 27.5. The summed E-state index contributed by atoms with van der Waals surface area (Å²) in [4.78, 5) is 16.8. The number of pyridine rings is 1. The third kappa shape index (κ3) is 15.5. The molecule has 0 atom stereocenters. The Hall–Kier alpha value is -1.38. The topological polar surface area (TPSA) is 33.2 Å². The second-order valence-corrected chi connectivity index (χ2v) is 5.70. The van der Waals surface area contributed by atoms with E-state index < -0.39 is 0 Å². The van der Waals surface area contributed by atoms with Crippen molar-refractivity contribution < 1.29 is 4.79 Å². The smallest absolute Gasteiger partial charge is 0.219 e. The predicted molar refractivity (Wildman–Crippen MR) is 108 cm³/mol. The van der Waals surface area contributed by atoms with Crippen molar-refractivity contribution in [2.45, 2.75) is 82.1 Å². The van der Waals surface area contributed by atoms with Gasteiger partial charge in [0.1, 0.15) is 0 Å². The molecular weight excluding hydrogens is 296 g/mol. The average molecular weight is 339 g/mol. The number of aromatic nitrogens is 1. The van der Waals surface area contributed by atoms with Gasteiger partial charge in [-0.1, -0.05) is 61.5 Å². The Morgan fingerprint density at radius 2 is 1.50 bits per heavy atom. The van der Waals surface area contributed by atoms with Crippen molar-refractivity contribution in [2.75, 3.05) is 13.1 Å². The fourth-order valence-corrected chi connectivity index (χ4v) is 1.88. The number of carbonyl (C=O) groups is 1. The Morgan fingerprint density at radius 1 is 1.04 bits per heavy atom. The molecule has 0 spiro atoms. The molecule has 0 aromatic carbocycles. The van der Waals surface area contributed by atoms with Crippen molar-refractivity contribution in [3.05, 3.63) is 30.1 Å². The molecule has 3 heteroatoms. The summed E-state index contributed by atoms with van der Waals surface area (Å²) in [7, 11) is 0. The lowest BCUT2D eigenvalue weighted by Gasteiger charge is -2.36. The molecule has 3 nitrogen and oxygen atoms in total. The van der Waals surface area contributed by atoms with Gasteiger partial charge in [-0.25, -0.2) is 0 Å². The van der Waals surface area contributed by atoms with Crippen molar-refractivity contribution in [3.63, 3.8) is 0 Å². The minimum Gasteiger partial charge on any atom is -0.343 e. The Morgan fingerprint density at radius 3 is 1.75 bits per heavy atom. The van der Waals surface area contributed by atoms with Crippen LogP contribution in [0.2, 0.25) is 0 Å². The number of piperidine rings is 1. The maximum atomic E-state index is 10.9. The van der Waals surface area contributed by atoms with Gasteiger partial charge in [0.25, 0.3) is 0 Å². The molecule has 1 aliphatic heterocycles. The molecule has 24 heavy (non-hydrogen) atoms. The molecule has 0 unspecified atom stereocenters. The van der Waals surface area contributed by atoms with Crippen LogP contribution in [0.15, 0.2) is 24.5 Å². The minimum absolute atomic E-state index is 0.223. The van der Waals surface area contributed by atoms with Gasteiger partial charge in [-0.05, 0) is 36.8 Å². The first-order chi connectivity index (χ1) is 11.4. The van der Waals surface area contributed by atoms with Crippen LogP contribution in [0.5, 0.6) is 0 Å². The number of rotatable bonds is 0. The molecular formula is C21H42N2O. The number of aryl methyl sites for hydroxylation is 1. The molecule has 0 saturated carbocycles. The highest BCUT2D eigenvalue weighted by atomic mass is 16.2. The van der Waals surface area contributed by atoms with Crippen molar-refractivity contribution in [2.24, 2.45) is 5.41 Å². The van der Waals surface area contributed by atoms with E-state index in [1.807, 2.05) is 71.7 Å². The fraction of sp³-hybridized carbons (Fsp3) is 0.714. The Balaban J connectivity index is -0.000000293. The molecule has 1 fully saturated rings. The van der Waals surface area contributed by atoms with Gasteiger partial charge in [-0.15, -0.1) is 0 Å². The molecule has 0 N–H and O–H groups in total. The van der Waals surface area contributed by atoms with E-state index >= 15 is 0 Å². The van der Waals surface area contributed by atoms with Gasteiger partial charge in [0, 0.05) is 32.4 Å². The second kappa shape index (κ2) is 18.0. The largest absolute Gasteiger partial charge is 0.343 e. The maximum Gasteiger partial charge on any atom is 0.219 e. The Labute approximate surface area is 151 Å². The zero-order valence-corrected chi connectivity index (χ0v) is 17.9. The molecule has 1 aliphatic rings. The summed E-state index contributed by atoms with van der Waals surface area (Å²) in [6.07, 6.45) is 5.90. The highest BCUT2D eigenvalue weighted by molar-refractivity contribution is 5.73. The van der Waals surface area contributed by atoms with Crippen LogP contribution in [0.4, 0.5) is 0 Å². The standard InChI is InChI=1S/C9H17NO.C6H7N.3C2H6/c1-8(11)10-6-4-9(2,3)5-7-10;1-6-3-2-4-7-5-6;3*1-2/h4-7H2,1-3H3;2-5H,1H3;3*1-2H3. The third-order valence-electron chi connectivity index (χ3n) is 3.37. The molecule has 142 valence electrons. The van der Waals surface area contributed by atoms with Crippen molar-refractivity contribution in [1.82, 2.24) is 9.88 Å². The lowest BCUT2D eigenvalue weighted by Crippen LogP contribution is -2.39. The summed E-state index contributed by atoms with van der Waals surface area (Å²) in [5.74, 6) is 0.223. The zero-order valence-electron chi connectivity index (χ0n) is 17.9. The van der Waals surface area contributed by atoms with E-state index in [4.69, 9.17) is 0 Å². The SMILES string of the molecule is CC.CC.CC.CC(=O)N1CCC(C)(C)CC1.Cc1cccnc1. The highest BCUT2D eigenvalue weighted by Gasteiger charge is 2.25. The molecule has 1 saturated heterocycles. The molecule has 0 bridgehead atoms. The average Bonchev–Trinajstić information content (AvgIpc) is 2.61. The van der Waals surface area contributed by atoms with Gasteiger partial charge in [0.15, 0.2) is 0 Å². The molecule has 1 aromatic heterocycles. The summed E-state index contributed by atoms with van der Waals surface area (Å²) < 4.78 is 0. The van der Waals surface area contributed by atoms with Crippen LogP contribution in [-0.2, 0) is 4.79 Å².